The van der Waals surface area contributed by atoms with Crippen molar-refractivity contribution in [1.29, 1.82) is 0 Å². The topological polar surface area (TPSA) is 74.2 Å². The van der Waals surface area contributed by atoms with E-state index < -0.39 is 11.9 Å². The summed E-state index contributed by atoms with van der Waals surface area (Å²) in [7, 11) is 1.67. The van der Waals surface area contributed by atoms with Gasteiger partial charge in [0.15, 0.2) is 5.96 Å². The number of nitrogens with one attached hydrogen (secondary N) is 3. The fraction of sp³-hybridized carbons (Fsp3) is 0.615. The molecule has 6 nitrogen and oxygen atoms in total. The Morgan fingerprint density at radius 1 is 1.30 bits per heavy atom. The number of hydrogen-bond acceptors (Lipinski definition) is 4. The van der Waals surface area contributed by atoms with E-state index in [2.05, 4.69) is 30.9 Å². The first-order valence-electron chi connectivity index (χ1n) is 7.07. The number of halogens is 4. The monoisotopic (exact) mass is 444 g/mol. The second-order valence-corrected chi connectivity index (χ2v) is 5.01. The van der Waals surface area contributed by atoms with Gasteiger partial charge in [-0.3, -0.25) is 4.99 Å². The van der Waals surface area contributed by atoms with Crippen LogP contribution in [0.15, 0.2) is 17.3 Å². The summed E-state index contributed by atoms with van der Waals surface area (Å²) in [4.78, 5) is 11.3. The molecule has 1 aromatic heterocycles. The minimum atomic E-state index is -4.47. The number of rotatable bonds is 6. The van der Waals surface area contributed by atoms with Gasteiger partial charge in [-0.15, -0.1) is 24.0 Å². The maximum absolute atomic E-state index is 12.5. The molecule has 0 spiro atoms. The van der Waals surface area contributed by atoms with Gasteiger partial charge in [-0.1, -0.05) is 0 Å². The zero-order valence-corrected chi connectivity index (χ0v) is 15.0. The van der Waals surface area contributed by atoms with E-state index in [-0.39, 0.29) is 29.9 Å². The molecule has 0 aromatic carbocycles. The van der Waals surface area contributed by atoms with Crippen molar-refractivity contribution in [2.24, 2.45) is 10.9 Å². The van der Waals surface area contributed by atoms with Gasteiger partial charge >= 0.3 is 6.18 Å². The SMILES string of the molecule is CN=C(NCCNc1nccc(C(F)(F)F)n1)NCC1CC1.I. The van der Waals surface area contributed by atoms with Crippen LogP contribution in [0.25, 0.3) is 0 Å². The van der Waals surface area contributed by atoms with E-state index in [0.29, 0.717) is 19.0 Å². The smallest absolute Gasteiger partial charge is 0.356 e. The van der Waals surface area contributed by atoms with Crippen LogP contribution >= 0.6 is 24.0 Å². The Labute approximate surface area is 149 Å². The van der Waals surface area contributed by atoms with Gasteiger partial charge < -0.3 is 16.0 Å². The molecule has 3 N–H and O–H groups in total. The molecule has 1 fully saturated rings. The van der Waals surface area contributed by atoms with Crippen molar-refractivity contribution in [1.82, 2.24) is 20.6 Å². The van der Waals surface area contributed by atoms with Gasteiger partial charge in [-0.25, -0.2) is 9.97 Å². The molecule has 1 heterocycles. The molecular formula is C13H20F3IN6. The van der Waals surface area contributed by atoms with E-state index in [9.17, 15) is 13.2 Å². The highest BCUT2D eigenvalue weighted by molar-refractivity contribution is 14.0. The summed E-state index contributed by atoms with van der Waals surface area (Å²) in [5, 5.41) is 9.00. The summed E-state index contributed by atoms with van der Waals surface area (Å²) < 4.78 is 37.5. The summed E-state index contributed by atoms with van der Waals surface area (Å²) in [5.74, 6) is 1.37. The summed E-state index contributed by atoms with van der Waals surface area (Å²) in [6, 6.07) is 0.840. The van der Waals surface area contributed by atoms with Crippen LogP contribution in [-0.2, 0) is 6.18 Å². The number of hydrogen-bond donors (Lipinski definition) is 3. The highest BCUT2D eigenvalue weighted by atomic mass is 127. The summed E-state index contributed by atoms with van der Waals surface area (Å²) >= 11 is 0. The van der Waals surface area contributed by atoms with Gasteiger partial charge in [-0.2, -0.15) is 13.2 Å². The third-order valence-corrected chi connectivity index (χ3v) is 3.13. The number of anilines is 1. The van der Waals surface area contributed by atoms with Crippen molar-refractivity contribution in [3.63, 3.8) is 0 Å². The molecule has 0 unspecified atom stereocenters. The first kappa shape index (κ1) is 19.7. The molecule has 10 heteroatoms. The second kappa shape index (κ2) is 9.08. The predicted octanol–water partition coefficient (Wildman–Crippen LogP) is 2.10. The van der Waals surface area contributed by atoms with Crippen LogP contribution in [0.4, 0.5) is 19.1 Å². The van der Waals surface area contributed by atoms with Crippen LogP contribution in [-0.4, -0.2) is 42.6 Å². The Hall–Kier alpha value is -1.33. The van der Waals surface area contributed by atoms with Gasteiger partial charge in [0.05, 0.1) is 0 Å². The van der Waals surface area contributed by atoms with E-state index in [4.69, 9.17) is 0 Å². The maximum atomic E-state index is 12.5. The molecule has 0 bridgehead atoms. The first-order valence-corrected chi connectivity index (χ1v) is 7.07. The lowest BCUT2D eigenvalue weighted by molar-refractivity contribution is -0.141. The van der Waals surface area contributed by atoms with Crippen molar-refractivity contribution in [3.05, 3.63) is 18.0 Å². The molecule has 0 atom stereocenters. The molecule has 1 aromatic rings. The molecule has 0 amide bonds. The lowest BCUT2D eigenvalue weighted by atomic mass is 10.4. The minimum absolute atomic E-state index is 0. The van der Waals surface area contributed by atoms with Crippen LogP contribution in [0.3, 0.4) is 0 Å². The van der Waals surface area contributed by atoms with Gasteiger partial charge in [0, 0.05) is 32.9 Å². The molecule has 0 aliphatic heterocycles. The van der Waals surface area contributed by atoms with E-state index >= 15 is 0 Å². The van der Waals surface area contributed by atoms with Gasteiger partial charge in [0.25, 0.3) is 0 Å². The van der Waals surface area contributed by atoms with Crippen LogP contribution in [0, 0.1) is 5.92 Å². The van der Waals surface area contributed by atoms with E-state index in [1.54, 1.807) is 7.05 Å². The van der Waals surface area contributed by atoms with Crippen molar-refractivity contribution in [2.75, 3.05) is 32.0 Å². The van der Waals surface area contributed by atoms with Crippen molar-refractivity contribution < 1.29 is 13.2 Å². The average molecular weight is 444 g/mol. The number of alkyl halides is 3. The van der Waals surface area contributed by atoms with Crippen LogP contribution in [0.1, 0.15) is 18.5 Å². The van der Waals surface area contributed by atoms with Gasteiger partial charge in [0.1, 0.15) is 5.69 Å². The molecule has 1 aliphatic carbocycles. The second-order valence-electron chi connectivity index (χ2n) is 5.01. The summed E-state index contributed by atoms with van der Waals surface area (Å²) in [6.07, 6.45) is -0.884. The fourth-order valence-corrected chi connectivity index (χ4v) is 1.74. The van der Waals surface area contributed by atoms with Crippen molar-refractivity contribution >= 4 is 35.9 Å². The third-order valence-electron chi connectivity index (χ3n) is 3.13. The van der Waals surface area contributed by atoms with Crippen LogP contribution in [0.2, 0.25) is 0 Å². The standard InChI is InChI=1S/C13H19F3N6.HI/c1-17-11(21-8-9-2-3-9)19-6-7-20-12-18-5-4-10(22-12)13(14,15)16;/h4-5,9H,2-3,6-8H2,1H3,(H2,17,19,21)(H,18,20,22);1H. The molecule has 0 radical (unpaired) electrons. The number of guanidine groups is 1. The summed E-state index contributed by atoms with van der Waals surface area (Å²) in [6.45, 7) is 1.76. The highest BCUT2D eigenvalue weighted by Gasteiger charge is 2.32. The molecule has 0 saturated heterocycles. The lowest BCUT2D eigenvalue weighted by Gasteiger charge is -2.12. The Kier molecular flexibility index (Phi) is 7.79. The van der Waals surface area contributed by atoms with E-state index in [1.165, 1.54) is 12.8 Å². The van der Waals surface area contributed by atoms with E-state index in [1.807, 2.05) is 0 Å². The summed E-state index contributed by atoms with van der Waals surface area (Å²) in [5.41, 5.74) is -0.958. The molecule has 1 aliphatic rings. The minimum Gasteiger partial charge on any atom is -0.356 e. The molecule has 2 rings (SSSR count). The zero-order chi connectivity index (χ0) is 16.0. The fourth-order valence-electron chi connectivity index (χ4n) is 1.74. The van der Waals surface area contributed by atoms with Crippen LogP contribution in [0.5, 0.6) is 0 Å². The largest absolute Gasteiger partial charge is 0.433 e. The molecule has 23 heavy (non-hydrogen) atoms. The number of nitrogens with zero attached hydrogens (tertiary/aromatic N) is 3. The van der Waals surface area contributed by atoms with Gasteiger partial charge in [-0.05, 0) is 24.8 Å². The average Bonchev–Trinajstić information content (AvgIpc) is 3.30. The quantitative estimate of drug-likeness (QED) is 0.271. The predicted molar refractivity (Wildman–Crippen MR) is 93.0 cm³/mol. The first-order chi connectivity index (χ1) is 10.5. The number of aromatic nitrogens is 2. The normalized spacial score (nSPS) is 14.9. The lowest BCUT2D eigenvalue weighted by Crippen LogP contribution is -2.40. The Bertz CT molecular complexity index is 519. The highest BCUT2D eigenvalue weighted by Crippen LogP contribution is 2.28. The molecule has 1 saturated carbocycles. The zero-order valence-electron chi connectivity index (χ0n) is 12.7. The molecule has 130 valence electrons. The number of aliphatic imine (C=N–C) groups is 1. The van der Waals surface area contributed by atoms with Crippen molar-refractivity contribution in [3.8, 4) is 0 Å². The van der Waals surface area contributed by atoms with E-state index in [0.717, 1.165) is 24.7 Å². The van der Waals surface area contributed by atoms with Gasteiger partial charge in [0.2, 0.25) is 5.95 Å². The molecular weight excluding hydrogens is 424 g/mol. The Morgan fingerprint density at radius 3 is 2.65 bits per heavy atom. The maximum Gasteiger partial charge on any atom is 0.433 e. The van der Waals surface area contributed by atoms with Crippen molar-refractivity contribution in [2.45, 2.75) is 19.0 Å². The Balaban J connectivity index is 0.00000264. The third kappa shape index (κ3) is 7.18. The Morgan fingerprint density at radius 2 is 2.04 bits per heavy atom. The van der Waals surface area contributed by atoms with Crippen LogP contribution < -0.4 is 16.0 Å².